The average molecular weight is 753 g/mol. The van der Waals surface area contributed by atoms with Crippen LogP contribution in [0.5, 0.6) is 0 Å². The second-order valence-corrected chi connectivity index (χ2v) is 16.2. The van der Waals surface area contributed by atoms with Gasteiger partial charge in [-0.1, -0.05) is 163 Å². The Morgan fingerprint density at radius 2 is 0.534 bits per heavy atom. The van der Waals surface area contributed by atoms with E-state index in [1.165, 1.54) is 77.2 Å². The Bertz CT molecular complexity index is 2590. The third kappa shape index (κ3) is 6.03. The minimum absolute atomic E-state index is 0.920. The lowest BCUT2D eigenvalue weighted by molar-refractivity contribution is 0.944. The molecule has 8 aromatic carbocycles. The molecule has 0 amide bonds. The number of hydrogen-bond acceptors (Lipinski definition) is 0. The quantitative estimate of drug-likeness (QED) is 0.122. The molecule has 0 heterocycles. The summed E-state index contributed by atoms with van der Waals surface area (Å²) in [4.78, 5) is 0. The maximum atomic E-state index is 2.65. The van der Waals surface area contributed by atoms with Gasteiger partial charge in [-0.05, 0) is 185 Å². The van der Waals surface area contributed by atoms with Crippen molar-refractivity contribution in [2.24, 2.45) is 0 Å². The molecule has 0 heteroatoms. The average Bonchev–Trinajstić information content (AvgIpc) is 3.29. The number of benzene rings is 8. The second kappa shape index (κ2) is 15.9. The fraction of sp³-hybridized carbons (Fsp3) is 0.241. The van der Waals surface area contributed by atoms with Crippen molar-refractivity contribution >= 4 is 21.5 Å². The predicted octanol–water partition coefficient (Wildman–Crippen LogP) is 15.5. The van der Waals surface area contributed by atoms with E-state index in [1.54, 1.807) is 44.5 Å². The van der Waals surface area contributed by atoms with Crippen LogP contribution in [0.3, 0.4) is 0 Å². The highest BCUT2D eigenvalue weighted by Gasteiger charge is 2.33. The van der Waals surface area contributed by atoms with Crippen LogP contribution < -0.4 is 0 Å². The van der Waals surface area contributed by atoms with E-state index in [9.17, 15) is 0 Å². The summed E-state index contributed by atoms with van der Waals surface area (Å²) in [5.41, 5.74) is 26.0. The van der Waals surface area contributed by atoms with E-state index in [1.807, 2.05) is 0 Å². The first kappa shape index (κ1) is 37.8. The molecule has 0 spiro atoms. The summed E-state index contributed by atoms with van der Waals surface area (Å²) >= 11 is 0. The zero-order valence-electron chi connectivity index (χ0n) is 35.4. The minimum Gasteiger partial charge on any atom is -0.0622 e. The predicted molar refractivity (Wildman–Crippen MR) is 252 cm³/mol. The van der Waals surface area contributed by atoms with Crippen molar-refractivity contribution in [2.75, 3.05) is 0 Å². The third-order valence-corrected chi connectivity index (χ3v) is 13.4. The first-order valence-corrected chi connectivity index (χ1v) is 22.1. The maximum Gasteiger partial charge on any atom is -0.00104 e. The van der Waals surface area contributed by atoms with Gasteiger partial charge in [0.25, 0.3) is 0 Å². The number of aryl methyl sites for hydroxylation is 4. The van der Waals surface area contributed by atoms with E-state index in [0.717, 1.165) is 51.4 Å². The van der Waals surface area contributed by atoms with Gasteiger partial charge < -0.3 is 0 Å². The molecule has 0 nitrogen and oxygen atoms in total. The number of fused-ring (bicyclic) bond motifs is 4. The second-order valence-electron chi connectivity index (χ2n) is 16.2. The molecule has 0 unspecified atom stereocenters. The van der Waals surface area contributed by atoms with E-state index in [-0.39, 0.29) is 0 Å². The van der Waals surface area contributed by atoms with Crippen LogP contribution in [0.4, 0.5) is 0 Å². The van der Waals surface area contributed by atoms with Gasteiger partial charge in [-0.25, -0.2) is 0 Å². The summed E-state index contributed by atoms with van der Waals surface area (Å²) in [6.07, 6.45) is 8.19. The molecule has 0 saturated heterocycles. The van der Waals surface area contributed by atoms with E-state index >= 15 is 0 Å². The minimum atomic E-state index is 0.920. The van der Waals surface area contributed by atoms with Crippen LogP contribution >= 0.6 is 0 Å². The van der Waals surface area contributed by atoms with Gasteiger partial charge in [-0.15, -0.1) is 0 Å². The summed E-state index contributed by atoms with van der Waals surface area (Å²) in [7, 11) is 0. The lowest BCUT2D eigenvalue weighted by atomic mass is 9.69. The Balaban J connectivity index is 1.46. The molecular formula is C58H56. The van der Waals surface area contributed by atoms with E-state index in [4.69, 9.17) is 0 Å². The highest BCUT2D eigenvalue weighted by molar-refractivity contribution is 6.08. The molecule has 58 heavy (non-hydrogen) atoms. The molecule has 1 aliphatic carbocycles. The zero-order chi connectivity index (χ0) is 39.9. The largest absolute Gasteiger partial charge is 0.0622 e. The summed E-state index contributed by atoms with van der Waals surface area (Å²) in [5.74, 6) is 0. The molecule has 0 fully saturated rings. The third-order valence-electron chi connectivity index (χ3n) is 13.4. The van der Waals surface area contributed by atoms with Gasteiger partial charge in [0.05, 0.1) is 0 Å². The molecule has 8 aromatic rings. The summed E-state index contributed by atoms with van der Waals surface area (Å²) in [5, 5.41) is 5.93. The highest BCUT2D eigenvalue weighted by Crippen LogP contribution is 2.53. The first-order chi connectivity index (χ1) is 28.6. The van der Waals surface area contributed by atoms with Crippen molar-refractivity contribution < 1.29 is 0 Å². The smallest absolute Gasteiger partial charge is 0.00104 e. The van der Waals surface area contributed by atoms with Crippen molar-refractivity contribution in [2.45, 2.75) is 92.9 Å². The molecule has 0 atom stereocenters. The molecule has 0 aliphatic heterocycles. The van der Waals surface area contributed by atoms with Gasteiger partial charge in [0, 0.05) is 0 Å². The van der Waals surface area contributed by atoms with E-state index in [2.05, 4.69) is 175 Å². The molecule has 1 aliphatic rings. The van der Waals surface area contributed by atoms with Crippen molar-refractivity contribution in [3.63, 3.8) is 0 Å². The Kier molecular flexibility index (Phi) is 10.4. The molecule has 0 aromatic heterocycles. The fourth-order valence-corrected chi connectivity index (χ4v) is 11.1. The van der Waals surface area contributed by atoms with E-state index < -0.39 is 0 Å². The molecular weight excluding hydrogens is 697 g/mol. The monoisotopic (exact) mass is 752 g/mol. The summed E-state index contributed by atoms with van der Waals surface area (Å²) in [6, 6.07) is 50.3. The molecule has 0 N–H and O–H groups in total. The molecule has 288 valence electrons. The van der Waals surface area contributed by atoms with Crippen molar-refractivity contribution in [3.8, 4) is 44.5 Å². The fourth-order valence-electron chi connectivity index (χ4n) is 11.1. The van der Waals surface area contributed by atoms with Crippen LogP contribution in [0, 0.1) is 0 Å². The van der Waals surface area contributed by atoms with Gasteiger partial charge in [0.15, 0.2) is 0 Å². The standard InChI is InChI=1S/C58H56/c1-7-41-42(8-2)44(10-4)48-34-50-46(12-6)52-36-54-53(35-51(52)45(11-5)49(50)33-47(48)43(41)9-3)55(37-25-17-13-18-26-37)57(39-29-21-15-22-30-39)58(40-31-23-16-24-32-40)56(54)38-27-19-14-20-28-38/h13-34H,7-12,35-36H2,1-6H3. The van der Waals surface area contributed by atoms with E-state index in [0.29, 0.717) is 0 Å². The zero-order valence-corrected chi connectivity index (χ0v) is 35.4. The molecule has 9 rings (SSSR count). The highest BCUT2D eigenvalue weighted by atomic mass is 14.4. The lowest BCUT2D eigenvalue weighted by Crippen LogP contribution is -2.17. The maximum absolute atomic E-state index is 2.65. The van der Waals surface area contributed by atoms with Gasteiger partial charge in [-0.2, -0.15) is 0 Å². The Labute approximate surface area is 346 Å². The van der Waals surface area contributed by atoms with Crippen LogP contribution in [0.25, 0.3) is 66.1 Å². The Morgan fingerprint density at radius 1 is 0.276 bits per heavy atom. The van der Waals surface area contributed by atoms with Crippen molar-refractivity contribution in [3.05, 3.63) is 189 Å². The normalized spacial score (nSPS) is 12.2. The van der Waals surface area contributed by atoms with Crippen molar-refractivity contribution in [1.29, 1.82) is 0 Å². The molecule has 0 saturated carbocycles. The van der Waals surface area contributed by atoms with Gasteiger partial charge in [-0.3, -0.25) is 0 Å². The van der Waals surface area contributed by atoms with Crippen LogP contribution in [0.2, 0.25) is 0 Å². The van der Waals surface area contributed by atoms with Crippen LogP contribution in [0.1, 0.15) is 97.2 Å². The van der Waals surface area contributed by atoms with Crippen molar-refractivity contribution in [1.82, 2.24) is 0 Å². The van der Waals surface area contributed by atoms with Crippen LogP contribution in [-0.4, -0.2) is 0 Å². The summed E-state index contributed by atoms with van der Waals surface area (Å²) in [6.45, 7) is 14.3. The topological polar surface area (TPSA) is 0 Å². The lowest BCUT2D eigenvalue weighted by Gasteiger charge is -2.34. The summed E-state index contributed by atoms with van der Waals surface area (Å²) < 4.78 is 0. The Hall–Kier alpha value is -5.72. The molecule has 0 bridgehead atoms. The van der Waals surface area contributed by atoms with Gasteiger partial charge in [0.1, 0.15) is 0 Å². The number of hydrogen-bond donors (Lipinski definition) is 0. The van der Waals surface area contributed by atoms with Crippen LogP contribution in [0.15, 0.2) is 133 Å². The van der Waals surface area contributed by atoms with Gasteiger partial charge >= 0.3 is 0 Å². The number of rotatable bonds is 10. The SMILES string of the molecule is CCc1c(CC)c(CC)c2cc3c(CC)c4c(c(CC)c3cc2c1CC)Cc1c(c(-c2ccccc2)c(-c2ccccc2)c(-c2ccccc2)c1-c1ccccc1)C4. The Morgan fingerprint density at radius 3 is 0.810 bits per heavy atom. The van der Waals surface area contributed by atoms with Crippen LogP contribution in [-0.2, 0) is 51.4 Å². The first-order valence-electron chi connectivity index (χ1n) is 22.1. The molecule has 0 radical (unpaired) electrons. The van der Waals surface area contributed by atoms with Gasteiger partial charge in [0.2, 0.25) is 0 Å².